The van der Waals surface area contributed by atoms with Crippen LogP contribution in [0.25, 0.3) is 10.4 Å². The molecule has 0 atom stereocenters. The third kappa shape index (κ3) is 5.86. The van der Waals surface area contributed by atoms with Gasteiger partial charge in [-0.15, -0.1) is 11.3 Å². The number of aromatic nitrogens is 1. The smallest absolute Gasteiger partial charge is 0.411 e. The topological polar surface area (TPSA) is 119 Å². The zero-order chi connectivity index (χ0) is 23.2. The summed E-state index contributed by atoms with van der Waals surface area (Å²) in [5.41, 5.74) is 8.47. The standard InChI is InChI=1S/C23H25N5O4S/c1-31-23(30)26-16-7-5-15(6-8-16)19-13-18(21(24)29)22(33-19)27-20-4-2-3-17(25-20)14-28-9-11-32-12-10-28/h2-8,13H,9-12,14H2,1H3,(H2,24,29)(H,25,27)(H,26,30). The number of amides is 2. The lowest BCUT2D eigenvalue weighted by molar-refractivity contribution is 0.0337. The highest BCUT2D eigenvalue weighted by atomic mass is 32.1. The number of benzene rings is 1. The highest BCUT2D eigenvalue weighted by molar-refractivity contribution is 7.19. The van der Waals surface area contributed by atoms with Crippen LogP contribution < -0.4 is 16.4 Å². The normalized spacial score (nSPS) is 14.0. The maximum atomic E-state index is 12.1. The highest BCUT2D eigenvalue weighted by Gasteiger charge is 2.17. The number of hydrogen-bond donors (Lipinski definition) is 3. The summed E-state index contributed by atoms with van der Waals surface area (Å²) < 4.78 is 10.0. The van der Waals surface area contributed by atoms with E-state index < -0.39 is 12.0 Å². The van der Waals surface area contributed by atoms with Gasteiger partial charge in [-0.25, -0.2) is 9.78 Å². The second kappa shape index (κ2) is 10.4. The molecule has 2 aromatic heterocycles. The Balaban J connectivity index is 1.52. The summed E-state index contributed by atoms with van der Waals surface area (Å²) in [5.74, 6) is 0.128. The molecule has 0 saturated carbocycles. The van der Waals surface area contributed by atoms with E-state index in [-0.39, 0.29) is 0 Å². The molecule has 4 N–H and O–H groups in total. The molecule has 9 nitrogen and oxygen atoms in total. The van der Waals surface area contributed by atoms with Crippen LogP contribution in [0, 0.1) is 0 Å². The van der Waals surface area contributed by atoms with Crippen molar-refractivity contribution in [3.8, 4) is 10.4 Å². The first-order chi connectivity index (χ1) is 16.0. The lowest BCUT2D eigenvalue weighted by atomic mass is 10.1. The Morgan fingerprint density at radius 2 is 1.94 bits per heavy atom. The summed E-state index contributed by atoms with van der Waals surface area (Å²) in [6.07, 6.45) is -0.537. The number of methoxy groups -OCH3 is 1. The zero-order valence-corrected chi connectivity index (χ0v) is 19.0. The Bertz CT molecular complexity index is 1130. The van der Waals surface area contributed by atoms with Gasteiger partial charge in [0, 0.05) is 30.2 Å². The van der Waals surface area contributed by atoms with E-state index in [1.165, 1.54) is 18.4 Å². The Labute approximate surface area is 195 Å². The molecule has 0 spiro atoms. The monoisotopic (exact) mass is 467 g/mol. The lowest BCUT2D eigenvalue weighted by Gasteiger charge is -2.26. The fraction of sp³-hybridized carbons (Fsp3) is 0.261. The minimum atomic E-state index is -0.537. The van der Waals surface area contributed by atoms with Gasteiger partial charge in [0.05, 0.1) is 31.6 Å². The average Bonchev–Trinajstić information content (AvgIpc) is 3.24. The van der Waals surface area contributed by atoms with Gasteiger partial charge < -0.3 is 20.5 Å². The number of nitrogens with two attached hydrogens (primary N) is 1. The van der Waals surface area contributed by atoms with Gasteiger partial charge in [-0.2, -0.15) is 0 Å². The lowest BCUT2D eigenvalue weighted by Crippen LogP contribution is -2.35. The minimum absolute atomic E-state index is 0.396. The Hall–Kier alpha value is -3.47. The molecular formula is C23H25N5O4S. The van der Waals surface area contributed by atoms with Gasteiger partial charge in [-0.3, -0.25) is 15.0 Å². The number of pyridine rings is 1. The van der Waals surface area contributed by atoms with Gasteiger partial charge in [0.1, 0.15) is 10.8 Å². The van der Waals surface area contributed by atoms with Gasteiger partial charge in [0.25, 0.3) is 5.91 Å². The number of morpholine rings is 1. The van der Waals surface area contributed by atoms with Crippen molar-refractivity contribution in [1.82, 2.24) is 9.88 Å². The molecule has 1 aromatic carbocycles. The number of primary amides is 1. The number of anilines is 3. The van der Waals surface area contributed by atoms with Crippen LogP contribution in [0.2, 0.25) is 0 Å². The minimum Gasteiger partial charge on any atom is -0.453 e. The molecule has 0 aliphatic carbocycles. The molecule has 1 aliphatic heterocycles. The van der Waals surface area contributed by atoms with Crippen LogP contribution in [-0.4, -0.2) is 55.3 Å². The number of rotatable bonds is 7. The molecule has 2 amide bonds. The van der Waals surface area contributed by atoms with Crippen LogP contribution in [0.1, 0.15) is 16.1 Å². The number of nitrogens with one attached hydrogen (secondary N) is 2. The Morgan fingerprint density at radius 1 is 1.18 bits per heavy atom. The Morgan fingerprint density at radius 3 is 2.64 bits per heavy atom. The molecule has 0 radical (unpaired) electrons. The molecule has 0 bridgehead atoms. The van der Waals surface area contributed by atoms with Crippen molar-refractivity contribution >= 4 is 39.8 Å². The van der Waals surface area contributed by atoms with E-state index in [9.17, 15) is 9.59 Å². The van der Waals surface area contributed by atoms with E-state index in [1.807, 2.05) is 30.3 Å². The fourth-order valence-electron chi connectivity index (χ4n) is 3.44. The average molecular weight is 468 g/mol. The van der Waals surface area contributed by atoms with E-state index in [2.05, 4.69) is 20.3 Å². The maximum absolute atomic E-state index is 12.1. The third-order valence-electron chi connectivity index (χ3n) is 5.14. The molecule has 172 valence electrons. The summed E-state index contributed by atoms with van der Waals surface area (Å²) >= 11 is 1.41. The first kappa shape index (κ1) is 22.7. The molecule has 0 unspecified atom stereocenters. The molecule has 3 heterocycles. The van der Waals surface area contributed by atoms with Crippen molar-refractivity contribution in [3.63, 3.8) is 0 Å². The van der Waals surface area contributed by atoms with Crippen molar-refractivity contribution < 1.29 is 19.1 Å². The first-order valence-corrected chi connectivity index (χ1v) is 11.3. The molecule has 3 aromatic rings. The van der Waals surface area contributed by atoms with Crippen molar-refractivity contribution in [2.24, 2.45) is 5.73 Å². The van der Waals surface area contributed by atoms with Crippen LogP contribution in [0.4, 0.5) is 21.3 Å². The maximum Gasteiger partial charge on any atom is 0.411 e. The van der Waals surface area contributed by atoms with E-state index in [0.717, 1.165) is 49.0 Å². The van der Waals surface area contributed by atoms with Gasteiger partial charge in [-0.05, 0) is 35.9 Å². The zero-order valence-electron chi connectivity index (χ0n) is 18.2. The van der Waals surface area contributed by atoms with E-state index in [4.69, 9.17) is 15.5 Å². The van der Waals surface area contributed by atoms with Gasteiger partial charge in [0.15, 0.2) is 0 Å². The Kier molecular flexibility index (Phi) is 7.18. The van der Waals surface area contributed by atoms with E-state index in [1.54, 1.807) is 18.2 Å². The van der Waals surface area contributed by atoms with Gasteiger partial charge >= 0.3 is 6.09 Å². The molecule has 1 fully saturated rings. The SMILES string of the molecule is COC(=O)Nc1ccc(-c2cc(C(N)=O)c(Nc3cccc(CN4CCOCC4)n3)s2)cc1. The van der Waals surface area contributed by atoms with Crippen molar-refractivity contribution in [2.45, 2.75) is 6.54 Å². The second-order valence-corrected chi connectivity index (χ2v) is 8.49. The van der Waals surface area contributed by atoms with Gasteiger partial charge in [-0.1, -0.05) is 18.2 Å². The number of nitrogens with zero attached hydrogens (tertiary/aromatic N) is 2. The molecule has 10 heteroatoms. The summed E-state index contributed by atoms with van der Waals surface area (Å²) in [6.45, 7) is 3.97. The molecule has 1 aliphatic rings. The summed E-state index contributed by atoms with van der Waals surface area (Å²) in [4.78, 5) is 31.3. The number of carbonyl (C=O) groups excluding carboxylic acids is 2. The first-order valence-electron chi connectivity index (χ1n) is 10.4. The van der Waals surface area contributed by atoms with Crippen molar-refractivity contribution in [3.05, 3.63) is 59.8 Å². The predicted molar refractivity (Wildman–Crippen MR) is 128 cm³/mol. The quantitative estimate of drug-likeness (QED) is 0.485. The van der Waals surface area contributed by atoms with Crippen molar-refractivity contribution in [1.29, 1.82) is 0 Å². The van der Waals surface area contributed by atoms with Crippen LogP contribution >= 0.6 is 11.3 Å². The van der Waals surface area contributed by atoms with Crippen LogP contribution in [0.3, 0.4) is 0 Å². The summed E-state index contributed by atoms with van der Waals surface area (Å²) in [7, 11) is 1.31. The third-order valence-corrected chi connectivity index (χ3v) is 6.24. The molecule has 33 heavy (non-hydrogen) atoms. The summed E-state index contributed by atoms with van der Waals surface area (Å²) in [5, 5.41) is 6.50. The largest absolute Gasteiger partial charge is 0.453 e. The second-order valence-electron chi connectivity index (χ2n) is 7.44. The number of thiophene rings is 1. The van der Waals surface area contributed by atoms with Crippen LogP contribution in [-0.2, 0) is 16.0 Å². The molecule has 1 saturated heterocycles. The van der Waals surface area contributed by atoms with E-state index >= 15 is 0 Å². The fourth-order valence-corrected chi connectivity index (χ4v) is 4.51. The number of hydrogen-bond acceptors (Lipinski definition) is 8. The number of ether oxygens (including phenoxy) is 2. The van der Waals surface area contributed by atoms with Crippen molar-refractivity contribution in [2.75, 3.05) is 44.0 Å². The summed E-state index contributed by atoms with van der Waals surface area (Å²) in [6, 6.07) is 14.8. The highest BCUT2D eigenvalue weighted by Crippen LogP contribution is 2.37. The van der Waals surface area contributed by atoms with Crippen LogP contribution in [0.15, 0.2) is 48.5 Å². The number of carbonyl (C=O) groups is 2. The van der Waals surface area contributed by atoms with Gasteiger partial charge in [0.2, 0.25) is 0 Å². The van der Waals surface area contributed by atoms with Crippen LogP contribution in [0.5, 0.6) is 0 Å². The molecular weight excluding hydrogens is 442 g/mol. The molecule has 4 rings (SSSR count). The van der Waals surface area contributed by atoms with E-state index in [0.29, 0.717) is 22.1 Å². The predicted octanol–water partition coefficient (Wildman–Crippen LogP) is 3.66.